The largest absolute Gasteiger partial charge is 0.296 e. The van der Waals surface area contributed by atoms with Crippen molar-refractivity contribution in [3.63, 3.8) is 0 Å². The van der Waals surface area contributed by atoms with Crippen LogP contribution in [0.2, 0.25) is 0 Å². The number of hydrogen-bond donors (Lipinski definition) is 1. The lowest BCUT2D eigenvalue weighted by molar-refractivity contribution is 0.126. The first-order chi connectivity index (χ1) is 9.00. The van der Waals surface area contributed by atoms with Crippen molar-refractivity contribution in [3.8, 4) is 0 Å². The van der Waals surface area contributed by atoms with Crippen LogP contribution >= 0.6 is 0 Å². The van der Waals surface area contributed by atoms with Gasteiger partial charge >= 0.3 is 0 Å². The molecule has 0 radical (unpaired) electrons. The summed E-state index contributed by atoms with van der Waals surface area (Å²) in [5.74, 6) is 0. The van der Waals surface area contributed by atoms with Gasteiger partial charge in [0.2, 0.25) is 0 Å². The summed E-state index contributed by atoms with van der Waals surface area (Å²) in [4.78, 5) is 2.28. The van der Waals surface area contributed by atoms with E-state index >= 15 is 0 Å². The smallest absolute Gasteiger partial charge is 0.277 e. The third-order valence-electron chi connectivity index (χ3n) is 3.56. The van der Waals surface area contributed by atoms with Gasteiger partial charge in [-0.15, -0.1) is 0 Å². The number of benzene rings is 1. The number of nitrogens with two attached hydrogens (primary N) is 1. The molecule has 1 aliphatic rings. The maximum atomic E-state index is 11.5. The highest BCUT2D eigenvalue weighted by Gasteiger charge is 2.31. The van der Waals surface area contributed by atoms with Gasteiger partial charge < -0.3 is 0 Å². The lowest BCUT2D eigenvalue weighted by Gasteiger charge is -2.39. The number of piperazine rings is 1. The third kappa shape index (κ3) is 3.76. The molecule has 2 N–H and O–H groups in total. The van der Waals surface area contributed by atoms with E-state index in [1.165, 1.54) is 9.87 Å². The molecule has 5 nitrogen and oxygen atoms in total. The van der Waals surface area contributed by atoms with Crippen molar-refractivity contribution in [2.45, 2.75) is 25.9 Å². The van der Waals surface area contributed by atoms with Gasteiger partial charge in [0.15, 0.2) is 0 Å². The molecule has 0 bridgehead atoms. The SMILES string of the molecule is CC[C@@H]1CN(Cc2ccccc2)CCN1S(N)(=O)=O. The average molecular weight is 283 g/mol. The summed E-state index contributed by atoms with van der Waals surface area (Å²) < 4.78 is 24.4. The quantitative estimate of drug-likeness (QED) is 0.888. The number of nitrogens with zero attached hydrogens (tertiary/aromatic N) is 2. The maximum Gasteiger partial charge on any atom is 0.277 e. The standard InChI is InChI=1S/C13H21N3O2S/c1-2-13-11-15(8-9-16(13)19(14,17)18)10-12-6-4-3-5-7-12/h3-7,13H,2,8-11H2,1H3,(H2,14,17,18)/t13-/m1/s1. The molecule has 1 atom stereocenters. The first-order valence-electron chi connectivity index (χ1n) is 6.56. The zero-order chi connectivity index (χ0) is 13.9. The van der Waals surface area contributed by atoms with Crippen molar-refractivity contribution in [1.29, 1.82) is 0 Å². The van der Waals surface area contributed by atoms with E-state index in [1.807, 2.05) is 25.1 Å². The summed E-state index contributed by atoms with van der Waals surface area (Å²) in [5.41, 5.74) is 1.25. The highest BCUT2D eigenvalue weighted by atomic mass is 32.2. The fourth-order valence-corrected chi connectivity index (χ4v) is 3.52. The Balaban J connectivity index is 2.01. The van der Waals surface area contributed by atoms with Crippen LogP contribution in [0.15, 0.2) is 30.3 Å². The minimum atomic E-state index is -3.58. The molecule has 1 aromatic carbocycles. The molecule has 0 aromatic heterocycles. The van der Waals surface area contributed by atoms with Crippen LogP contribution in [0.4, 0.5) is 0 Å². The Morgan fingerprint density at radius 3 is 2.53 bits per heavy atom. The van der Waals surface area contributed by atoms with E-state index in [9.17, 15) is 8.42 Å². The third-order valence-corrected chi connectivity index (χ3v) is 4.69. The maximum absolute atomic E-state index is 11.5. The van der Waals surface area contributed by atoms with Crippen LogP contribution in [0.25, 0.3) is 0 Å². The van der Waals surface area contributed by atoms with Crippen molar-refractivity contribution in [2.75, 3.05) is 19.6 Å². The second kappa shape index (κ2) is 6.00. The van der Waals surface area contributed by atoms with Crippen LogP contribution in [0.5, 0.6) is 0 Å². The van der Waals surface area contributed by atoms with Gasteiger partial charge in [-0.3, -0.25) is 4.90 Å². The Kier molecular flexibility index (Phi) is 4.57. The minimum absolute atomic E-state index is 0.0209. The average Bonchev–Trinajstić information content (AvgIpc) is 2.38. The molecular weight excluding hydrogens is 262 g/mol. The van der Waals surface area contributed by atoms with Gasteiger partial charge in [0, 0.05) is 32.2 Å². The molecule has 1 saturated heterocycles. The van der Waals surface area contributed by atoms with E-state index in [-0.39, 0.29) is 6.04 Å². The Morgan fingerprint density at radius 2 is 1.95 bits per heavy atom. The first-order valence-corrected chi connectivity index (χ1v) is 8.07. The predicted octanol–water partition coefficient (Wildman–Crippen LogP) is 0.786. The van der Waals surface area contributed by atoms with E-state index in [0.717, 1.165) is 26.1 Å². The molecule has 6 heteroatoms. The predicted molar refractivity (Wildman–Crippen MR) is 75.6 cm³/mol. The molecule has 0 amide bonds. The summed E-state index contributed by atoms with van der Waals surface area (Å²) in [6, 6.07) is 10.2. The molecule has 1 aromatic rings. The normalized spacial score (nSPS) is 22.5. The van der Waals surface area contributed by atoms with Crippen LogP contribution in [0.3, 0.4) is 0 Å². The Hall–Kier alpha value is -0.950. The van der Waals surface area contributed by atoms with Gasteiger partial charge in [0.05, 0.1) is 0 Å². The second-order valence-corrected chi connectivity index (χ2v) is 6.44. The van der Waals surface area contributed by atoms with E-state index in [1.54, 1.807) is 0 Å². The summed E-state index contributed by atoms with van der Waals surface area (Å²) in [6.45, 7) is 4.79. The van der Waals surface area contributed by atoms with Crippen LogP contribution in [-0.2, 0) is 16.8 Å². The van der Waals surface area contributed by atoms with E-state index in [2.05, 4.69) is 17.0 Å². The molecule has 19 heavy (non-hydrogen) atoms. The van der Waals surface area contributed by atoms with E-state index < -0.39 is 10.2 Å². The fraction of sp³-hybridized carbons (Fsp3) is 0.538. The molecule has 1 aliphatic heterocycles. The highest BCUT2D eigenvalue weighted by Crippen LogP contribution is 2.17. The zero-order valence-electron chi connectivity index (χ0n) is 11.2. The second-order valence-electron chi connectivity index (χ2n) is 4.94. The monoisotopic (exact) mass is 283 g/mol. The van der Waals surface area contributed by atoms with Crippen molar-refractivity contribution in [3.05, 3.63) is 35.9 Å². The van der Waals surface area contributed by atoms with Crippen LogP contribution in [0, 0.1) is 0 Å². The molecule has 0 aliphatic carbocycles. The van der Waals surface area contributed by atoms with Crippen molar-refractivity contribution in [1.82, 2.24) is 9.21 Å². The molecule has 1 fully saturated rings. The van der Waals surface area contributed by atoms with Gasteiger partial charge in [-0.1, -0.05) is 37.3 Å². The molecule has 1 heterocycles. The van der Waals surface area contributed by atoms with Gasteiger partial charge in [0.25, 0.3) is 10.2 Å². The van der Waals surface area contributed by atoms with Crippen LogP contribution < -0.4 is 5.14 Å². The van der Waals surface area contributed by atoms with Crippen LogP contribution in [0.1, 0.15) is 18.9 Å². The summed E-state index contributed by atoms with van der Waals surface area (Å²) >= 11 is 0. The van der Waals surface area contributed by atoms with Gasteiger partial charge in [-0.2, -0.15) is 12.7 Å². The van der Waals surface area contributed by atoms with Crippen molar-refractivity contribution >= 4 is 10.2 Å². The van der Waals surface area contributed by atoms with Crippen LogP contribution in [-0.4, -0.2) is 43.3 Å². The molecule has 2 rings (SSSR count). The minimum Gasteiger partial charge on any atom is -0.296 e. The summed E-state index contributed by atoms with van der Waals surface area (Å²) in [7, 11) is -3.58. The highest BCUT2D eigenvalue weighted by molar-refractivity contribution is 7.86. The number of rotatable bonds is 4. The number of hydrogen-bond acceptors (Lipinski definition) is 3. The molecule has 0 saturated carbocycles. The van der Waals surface area contributed by atoms with E-state index in [4.69, 9.17) is 5.14 Å². The summed E-state index contributed by atoms with van der Waals surface area (Å²) in [5, 5.41) is 5.25. The molecular formula is C13H21N3O2S. The molecule has 0 unspecified atom stereocenters. The Labute approximate surface area is 115 Å². The van der Waals surface area contributed by atoms with Gasteiger partial charge in [-0.25, -0.2) is 5.14 Å². The van der Waals surface area contributed by atoms with Gasteiger partial charge in [-0.05, 0) is 12.0 Å². The first kappa shape index (κ1) is 14.5. The van der Waals surface area contributed by atoms with E-state index in [0.29, 0.717) is 6.54 Å². The fourth-order valence-electron chi connectivity index (χ4n) is 2.56. The van der Waals surface area contributed by atoms with Crippen molar-refractivity contribution in [2.24, 2.45) is 5.14 Å². The lowest BCUT2D eigenvalue weighted by atomic mass is 10.1. The van der Waals surface area contributed by atoms with Gasteiger partial charge in [0.1, 0.15) is 0 Å². The molecule has 106 valence electrons. The topological polar surface area (TPSA) is 66.6 Å². The summed E-state index contributed by atoms with van der Waals surface area (Å²) in [6.07, 6.45) is 0.779. The van der Waals surface area contributed by atoms with Crippen molar-refractivity contribution < 1.29 is 8.42 Å². The Bertz CT molecular complexity index is 504. The molecule has 0 spiro atoms. The lowest BCUT2D eigenvalue weighted by Crippen LogP contribution is -2.56. The zero-order valence-corrected chi connectivity index (χ0v) is 12.0. The Morgan fingerprint density at radius 1 is 1.26 bits per heavy atom.